The van der Waals surface area contributed by atoms with Gasteiger partial charge in [0.1, 0.15) is 5.82 Å². The number of piperidine rings is 1. The van der Waals surface area contributed by atoms with Gasteiger partial charge in [-0.1, -0.05) is 17.3 Å². The summed E-state index contributed by atoms with van der Waals surface area (Å²) < 4.78 is 18.1. The lowest BCUT2D eigenvalue weighted by Gasteiger charge is -2.31. The molecule has 1 aliphatic rings. The molecule has 0 saturated carbocycles. The summed E-state index contributed by atoms with van der Waals surface area (Å²) in [7, 11) is 1.54. The monoisotopic (exact) mass is 346 g/mol. The van der Waals surface area contributed by atoms with E-state index in [0.29, 0.717) is 18.4 Å². The molecule has 134 valence electrons. The van der Waals surface area contributed by atoms with Gasteiger partial charge in [-0.2, -0.15) is 4.98 Å². The molecule has 1 fully saturated rings. The van der Waals surface area contributed by atoms with Crippen LogP contribution in [-0.4, -0.2) is 41.1 Å². The summed E-state index contributed by atoms with van der Waals surface area (Å²) in [5, 5.41) is 6.18. The average molecular weight is 346 g/mol. The van der Waals surface area contributed by atoms with Gasteiger partial charge in [0, 0.05) is 13.6 Å². The number of nitrogens with one attached hydrogen (secondary N) is 1. The normalized spacial score (nSPS) is 18.2. The minimum Gasteiger partial charge on any atom is -0.352 e. The molecule has 3 rings (SSSR count). The molecule has 0 radical (unpaired) electrons. The minimum absolute atomic E-state index is 0.0716. The maximum absolute atomic E-state index is 13.0. The minimum atomic E-state index is -0.342. The molecule has 7 heteroatoms. The van der Waals surface area contributed by atoms with E-state index in [1.807, 2.05) is 12.1 Å². The lowest BCUT2D eigenvalue weighted by molar-refractivity contribution is 0.0950. The molecule has 0 aliphatic carbocycles. The van der Waals surface area contributed by atoms with Crippen molar-refractivity contribution in [1.82, 2.24) is 20.4 Å². The molecule has 0 spiro atoms. The smallest absolute Gasteiger partial charge is 0.292 e. The van der Waals surface area contributed by atoms with E-state index in [9.17, 15) is 9.18 Å². The van der Waals surface area contributed by atoms with Crippen LogP contribution in [0.15, 0.2) is 28.8 Å². The van der Waals surface area contributed by atoms with E-state index in [1.54, 1.807) is 0 Å². The number of aromatic nitrogens is 2. The first kappa shape index (κ1) is 17.5. The Balaban J connectivity index is 1.50. The van der Waals surface area contributed by atoms with Gasteiger partial charge in [-0.15, -0.1) is 0 Å². The Morgan fingerprint density at radius 3 is 2.96 bits per heavy atom. The predicted octanol–water partition coefficient (Wildman–Crippen LogP) is 2.41. The number of halogens is 1. The lowest BCUT2D eigenvalue weighted by Crippen LogP contribution is -2.35. The van der Waals surface area contributed by atoms with Gasteiger partial charge >= 0.3 is 0 Å². The summed E-state index contributed by atoms with van der Waals surface area (Å²) in [5.41, 5.74) is 1.17. The molecule has 0 unspecified atom stereocenters. The first-order valence-electron chi connectivity index (χ1n) is 8.65. The number of hydrogen-bond acceptors (Lipinski definition) is 5. The second-order valence-electron chi connectivity index (χ2n) is 6.50. The van der Waals surface area contributed by atoms with Crippen LogP contribution in [0.4, 0.5) is 4.39 Å². The molecule has 1 atom stereocenters. The molecule has 1 amide bonds. The Hall–Kier alpha value is -2.28. The molecular weight excluding hydrogens is 323 g/mol. The van der Waals surface area contributed by atoms with Crippen LogP contribution in [-0.2, 0) is 13.0 Å². The highest BCUT2D eigenvalue weighted by atomic mass is 19.1. The molecule has 25 heavy (non-hydrogen) atoms. The van der Waals surface area contributed by atoms with Crippen molar-refractivity contribution in [1.29, 1.82) is 0 Å². The Bertz CT molecular complexity index is 701. The highest BCUT2D eigenvalue weighted by Gasteiger charge is 2.22. The van der Waals surface area contributed by atoms with Gasteiger partial charge in [0.15, 0.2) is 0 Å². The topological polar surface area (TPSA) is 71.3 Å². The summed E-state index contributed by atoms with van der Waals surface area (Å²) >= 11 is 0. The van der Waals surface area contributed by atoms with E-state index >= 15 is 0 Å². The van der Waals surface area contributed by atoms with Crippen LogP contribution >= 0.6 is 0 Å². The van der Waals surface area contributed by atoms with Crippen molar-refractivity contribution >= 4 is 5.91 Å². The largest absolute Gasteiger partial charge is 0.352 e. The van der Waals surface area contributed by atoms with E-state index in [4.69, 9.17) is 4.52 Å². The maximum Gasteiger partial charge on any atom is 0.292 e. The van der Waals surface area contributed by atoms with Gasteiger partial charge in [0.05, 0.1) is 6.54 Å². The second kappa shape index (κ2) is 8.20. The van der Waals surface area contributed by atoms with Crippen LogP contribution in [0.2, 0.25) is 0 Å². The summed E-state index contributed by atoms with van der Waals surface area (Å²) in [6, 6.07) is 6.74. The van der Waals surface area contributed by atoms with Crippen molar-refractivity contribution in [2.75, 3.05) is 20.1 Å². The SMILES string of the molecule is CNC(=O)c1noc(CN2CCC[C@@H](CCc3ccc(F)cc3)C2)n1. The standard InChI is InChI=1S/C18H23FN4O2/c1-20-18(24)17-21-16(25-22-17)12-23-10-2-3-14(11-23)5-4-13-6-8-15(19)9-7-13/h6-9,14H,2-5,10-12H2,1H3,(H,20,24)/t14-/m0/s1. The van der Waals surface area contributed by atoms with E-state index < -0.39 is 0 Å². The van der Waals surface area contributed by atoms with E-state index in [0.717, 1.165) is 32.4 Å². The number of hydrogen-bond donors (Lipinski definition) is 1. The lowest BCUT2D eigenvalue weighted by atomic mass is 9.91. The summed E-state index contributed by atoms with van der Waals surface area (Å²) in [5.74, 6) is 0.606. The molecule has 1 aliphatic heterocycles. The van der Waals surface area contributed by atoms with Crippen molar-refractivity contribution < 1.29 is 13.7 Å². The highest BCUT2D eigenvalue weighted by molar-refractivity contribution is 5.89. The van der Waals surface area contributed by atoms with Crippen molar-refractivity contribution in [3.05, 3.63) is 47.4 Å². The third-order valence-electron chi connectivity index (χ3n) is 4.61. The van der Waals surface area contributed by atoms with Crippen LogP contribution in [0.1, 0.15) is 41.3 Å². The zero-order valence-corrected chi connectivity index (χ0v) is 14.4. The highest BCUT2D eigenvalue weighted by Crippen LogP contribution is 2.22. The molecule has 2 heterocycles. The van der Waals surface area contributed by atoms with E-state index in [-0.39, 0.29) is 17.5 Å². The van der Waals surface area contributed by atoms with Crippen LogP contribution in [0.3, 0.4) is 0 Å². The molecule has 1 saturated heterocycles. The van der Waals surface area contributed by atoms with E-state index in [1.165, 1.54) is 31.2 Å². The van der Waals surface area contributed by atoms with Crippen molar-refractivity contribution in [3.8, 4) is 0 Å². The quantitative estimate of drug-likeness (QED) is 0.870. The first-order valence-corrected chi connectivity index (χ1v) is 8.65. The fraction of sp³-hybridized carbons (Fsp3) is 0.500. The van der Waals surface area contributed by atoms with Gasteiger partial charge in [-0.3, -0.25) is 9.69 Å². The number of carbonyl (C=O) groups is 1. The Kier molecular flexibility index (Phi) is 5.75. The predicted molar refractivity (Wildman–Crippen MR) is 90.4 cm³/mol. The molecule has 1 aromatic heterocycles. The van der Waals surface area contributed by atoms with Crippen LogP contribution in [0.25, 0.3) is 0 Å². The van der Waals surface area contributed by atoms with Gasteiger partial charge in [0.2, 0.25) is 5.89 Å². The second-order valence-corrected chi connectivity index (χ2v) is 6.50. The van der Waals surface area contributed by atoms with Crippen molar-refractivity contribution in [2.45, 2.75) is 32.2 Å². The zero-order valence-electron chi connectivity index (χ0n) is 14.4. The number of benzene rings is 1. The average Bonchev–Trinajstić information content (AvgIpc) is 3.09. The van der Waals surface area contributed by atoms with Crippen LogP contribution < -0.4 is 5.32 Å². The van der Waals surface area contributed by atoms with Crippen molar-refractivity contribution in [3.63, 3.8) is 0 Å². The number of likely N-dealkylation sites (tertiary alicyclic amines) is 1. The summed E-state index contributed by atoms with van der Waals surface area (Å²) in [4.78, 5) is 17.9. The van der Waals surface area contributed by atoms with Crippen LogP contribution in [0.5, 0.6) is 0 Å². The van der Waals surface area contributed by atoms with Crippen LogP contribution in [0, 0.1) is 11.7 Å². The van der Waals surface area contributed by atoms with Gasteiger partial charge in [0.25, 0.3) is 11.7 Å². The van der Waals surface area contributed by atoms with Gasteiger partial charge in [-0.25, -0.2) is 4.39 Å². The number of amides is 1. The molecule has 0 bridgehead atoms. The molecule has 1 aromatic carbocycles. The Morgan fingerprint density at radius 1 is 1.40 bits per heavy atom. The molecule has 2 aromatic rings. The molecule has 6 nitrogen and oxygen atoms in total. The van der Waals surface area contributed by atoms with Gasteiger partial charge < -0.3 is 9.84 Å². The number of aryl methyl sites for hydroxylation is 1. The Labute approximate surface area is 146 Å². The summed E-state index contributed by atoms with van der Waals surface area (Å²) in [6.07, 6.45) is 4.37. The van der Waals surface area contributed by atoms with E-state index in [2.05, 4.69) is 20.4 Å². The number of rotatable bonds is 6. The fourth-order valence-electron chi connectivity index (χ4n) is 3.27. The Morgan fingerprint density at radius 2 is 2.20 bits per heavy atom. The molecule has 1 N–H and O–H groups in total. The number of carbonyl (C=O) groups excluding carboxylic acids is 1. The maximum atomic E-state index is 13.0. The summed E-state index contributed by atoms with van der Waals surface area (Å²) in [6.45, 7) is 2.53. The first-order chi connectivity index (χ1) is 12.1. The third-order valence-corrected chi connectivity index (χ3v) is 4.61. The fourth-order valence-corrected chi connectivity index (χ4v) is 3.27. The van der Waals surface area contributed by atoms with Gasteiger partial charge in [-0.05, 0) is 55.8 Å². The third kappa shape index (κ3) is 4.85. The molecular formula is C18H23FN4O2. The van der Waals surface area contributed by atoms with Crippen molar-refractivity contribution in [2.24, 2.45) is 5.92 Å². The number of nitrogens with zero attached hydrogens (tertiary/aromatic N) is 3. The zero-order chi connectivity index (χ0) is 17.6.